The molecule has 0 saturated heterocycles. The van der Waals surface area contributed by atoms with Gasteiger partial charge in [0, 0.05) is 10.9 Å². The quantitative estimate of drug-likeness (QED) is 0.651. The van der Waals surface area contributed by atoms with Crippen LogP contribution < -0.4 is 4.74 Å². The van der Waals surface area contributed by atoms with Crippen molar-refractivity contribution in [3.63, 3.8) is 0 Å². The molecule has 0 radical (unpaired) electrons. The number of furan rings is 1. The molecule has 24 heavy (non-hydrogen) atoms. The highest BCUT2D eigenvalue weighted by Gasteiger charge is 2.27. The molecule has 0 fully saturated rings. The molecule has 0 spiro atoms. The summed E-state index contributed by atoms with van der Waals surface area (Å²) in [7, 11) is 1.61. The van der Waals surface area contributed by atoms with Crippen LogP contribution in [0.15, 0.2) is 46.4 Å². The molecule has 0 aliphatic heterocycles. The van der Waals surface area contributed by atoms with Crippen molar-refractivity contribution in [1.82, 2.24) is 4.98 Å². The van der Waals surface area contributed by atoms with Gasteiger partial charge in [0.15, 0.2) is 11.7 Å². The fraction of sp³-hybridized carbons (Fsp3) is 0.167. The highest BCUT2D eigenvalue weighted by molar-refractivity contribution is 7.10. The Balaban J connectivity index is 1.89. The van der Waals surface area contributed by atoms with Crippen molar-refractivity contribution in [1.29, 1.82) is 5.26 Å². The van der Waals surface area contributed by atoms with Crippen LogP contribution in [0.5, 0.6) is 5.75 Å². The number of ether oxygens (including phenoxy) is 1. The van der Waals surface area contributed by atoms with Gasteiger partial charge in [0.05, 0.1) is 30.7 Å². The number of nitriles is 1. The number of ketones is 1. The highest BCUT2D eigenvalue weighted by Crippen LogP contribution is 2.30. The zero-order valence-electron chi connectivity index (χ0n) is 13.1. The molecule has 3 aromatic rings. The number of carbonyl (C=O) groups excluding carboxylic acids is 1. The highest BCUT2D eigenvalue weighted by atomic mass is 32.1. The van der Waals surface area contributed by atoms with Crippen LogP contribution in [0, 0.1) is 18.3 Å². The summed E-state index contributed by atoms with van der Waals surface area (Å²) in [6, 6.07) is 11.1. The summed E-state index contributed by atoms with van der Waals surface area (Å²) in [6.07, 6.45) is 1.45. The van der Waals surface area contributed by atoms with Gasteiger partial charge in [-0.25, -0.2) is 4.98 Å². The normalized spacial score (nSPS) is 11.7. The predicted octanol–water partition coefficient (Wildman–Crippen LogP) is 4.21. The maximum Gasteiger partial charge on any atom is 0.190 e. The van der Waals surface area contributed by atoms with E-state index >= 15 is 0 Å². The topological polar surface area (TPSA) is 76.1 Å². The van der Waals surface area contributed by atoms with Crippen LogP contribution in [0.2, 0.25) is 0 Å². The smallest absolute Gasteiger partial charge is 0.190 e. The molecule has 0 N–H and O–H groups in total. The molecular weight excluding hydrogens is 324 g/mol. The fourth-order valence-electron chi connectivity index (χ4n) is 2.34. The Hall–Kier alpha value is -2.91. The summed E-state index contributed by atoms with van der Waals surface area (Å²) in [4.78, 5) is 17.0. The third kappa shape index (κ3) is 2.94. The summed E-state index contributed by atoms with van der Waals surface area (Å²) in [5.74, 6) is 0.0413. The summed E-state index contributed by atoms with van der Waals surface area (Å²) in [5, 5.41) is 11.8. The van der Waals surface area contributed by atoms with Gasteiger partial charge >= 0.3 is 0 Å². The molecule has 0 amide bonds. The zero-order chi connectivity index (χ0) is 17.1. The second-order valence-corrected chi connectivity index (χ2v) is 6.01. The van der Waals surface area contributed by atoms with Crippen LogP contribution in [-0.4, -0.2) is 17.9 Å². The van der Waals surface area contributed by atoms with Crippen LogP contribution in [0.25, 0.3) is 11.3 Å². The standard InChI is InChI=1S/C18H14N2O3S/c1-11-14(7-8-23-11)17(21)15(9-19)18-20-16(10-24-18)12-3-5-13(22-2)6-4-12/h3-8,10,15H,1-2H3/t15-/m0/s1. The minimum Gasteiger partial charge on any atom is -0.497 e. The molecule has 120 valence electrons. The molecule has 0 unspecified atom stereocenters. The number of benzene rings is 1. The first-order valence-corrected chi connectivity index (χ1v) is 8.09. The Kier molecular flexibility index (Phi) is 4.45. The lowest BCUT2D eigenvalue weighted by Gasteiger charge is -2.04. The van der Waals surface area contributed by atoms with Crippen molar-refractivity contribution in [2.45, 2.75) is 12.8 Å². The largest absolute Gasteiger partial charge is 0.497 e. The minimum atomic E-state index is -0.932. The minimum absolute atomic E-state index is 0.292. The van der Waals surface area contributed by atoms with Crippen LogP contribution >= 0.6 is 11.3 Å². The van der Waals surface area contributed by atoms with E-state index in [9.17, 15) is 10.1 Å². The van der Waals surface area contributed by atoms with E-state index in [1.54, 1.807) is 20.1 Å². The first-order chi connectivity index (χ1) is 11.6. The van der Waals surface area contributed by atoms with E-state index in [-0.39, 0.29) is 5.78 Å². The number of hydrogen-bond acceptors (Lipinski definition) is 6. The number of aryl methyl sites for hydroxylation is 1. The van der Waals surface area contributed by atoms with Crippen molar-refractivity contribution in [2.24, 2.45) is 0 Å². The Bertz CT molecular complexity index is 903. The van der Waals surface area contributed by atoms with Gasteiger partial charge in [-0.3, -0.25) is 4.79 Å². The van der Waals surface area contributed by atoms with Crippen LogP contribution in [0.3, 0.4) is 0 Å². The molecule has 2 aromatic heterocycles. The van der Waals surface area contributed by atoms with Gasteiger partial charge in [-0.15, -0.1) is 11.3 Å². The van der Waals surface area contributed by atoms with E-state index in [0.29, 0.717) is 16.3 Å². The molecule has 0 bridgehead atoms. The van der Waals surface area contributed by atoms with E-state index in [0.717, 1.165) is 17.0 Å². The number of methoxy groups -OCH3 is 1. The molecule has 5 nitrogen and oxygen atoms in total. The third-order valence-corrected chi connectivity index (χ3v) is 4.58. The number of Topliss-reactive ketones (excluding diaryl/α,β-unsaturated/α-hetero) is 1. The van der Waals surface area contributed by atoms with Crippen molar-refractivity contribution >= 4 is 17.1 Å². The predicted molar refractivity (Wildman–Crippen MR) is 90.2 cm³/mol. The van der Waals surface area contributed by atoms with Gasteiger partial charge in [0.25, 0.3) is 0 Å². The second kappa shape index (κ2) is 6.69. The first kappa shape index (κ1) is 16.0. The molecular formula is C18H14N2O3S. The van der Waals surface area contributed by atoms with Crippen molar-refractivity contribution in [3.8, 4) is 23.1 Å². The van der Waals surface area contributed by atoms with Gasteiger partial charge in [-0.2, -0.15) is 5.26 Å². The molecule has 0 saturated carbocycles. The number of nitrogens with zero attached hydrogens (tertiary/aromatic N) is 2. The summed E-state index contributed by atoms with van der Waals surface area (Å²) in [5.41, 5.74) is 2.05. The molecule has 0 aliphatic carbocycles. The van der Waals surface area contributed by atoms with E-state index < -0.39 is 5.92 Å². The maximum atomic E-state index is 12.6. The van der Waals surface area contributed by atoms with Crippen molar-refractivity contribution in [3.05, 3.63) is 58.3 Å². The average Bonchev–Trinajstić information content (AvgIpc) is 3.25. The second-order valence-electron chi connectivity index (χ2n) is 5.12. The summed E-state index contributed by atoms with van der Waals surface area (Å²) < 4.78 is 10.3. The van der Waals surface area contributed by atoms with Crippen molar-refractivity contribution in [2.75, 3.05) is 7.11 Å². The van der Waals surface area contributed by atoms with Gasteiger partial charge < -0.3 is 9.15 Å². The van der Waals surface area contributed by atoms with Crippen molar-refractivity contribution < 1.29 is 13.9 Å². The third-order valence-electron chi connectivity index (χ3n) is 3.67. The lowest BCUT2D eigenvalue weighted by Crippen LogP contribution is -2.11. The van der Waals surface area contributed by atoms with Gasteiger partial charge in [0.1, 0.15) is 16.5 Å². The summed E-state index contributed by atoms with van der Waals surface area (Å²) >= 11 is 1.30. The monoisotopic (exact) mass is 338 g/mol. The van der Waals surface area contributed by atoms with E-state index in [2.05, 4.69) is 11.1 Å². The number of thiazole rings is 1. The Morgan fingerprint density at radius 2 is 2.08 bits per heavy atom. The van der Waals surface area contributed by atoms with E-state index in [1.165, 1.54) is 17.6 Å². The number of carbonyl (C=O) groups is 1. The van der Waals surface area contributed by atoms with Gasteiger partial charge in [-0.1, -0.05) is 0 Å². The Morgan fingerprint density at radius 1 is 1.33 bits per heavy atom. The van der Waals surface area contributed by atoms with Gasteiger partial charge in [0.2, 0.25) is 0 Å². The summed E-state index contributed by atoms with van der Waals surface area (Å²) in [6.45, 7) is 1.70. The van der Waals surface area contributed by atoms with Crippen LogP contribution in [-0.2, 0) is 0 Å². The zero-order valence-corrected chi connectivity index (χ0v) is 14.0. The number of rotatable bonds is 5. The molecule has 1 aromatic carbocycles. The molecule has 2 heterocycles. The molecule has 1 atom stereocenters. The number of aromatic nitrogens is 1. The first-order valence-electron chi connectivity index (χ1n) is 7.22. The molecule has 3 rings (SSSR count). The molecule has 6 heteroatoms. The number of hydrogen-bond donors (Lipinski definition) is 0. The van der Waals surface area contributed by atoms with Gasteiger partial charge in [-0.05, 0) is 37.3 Å². The van der Waals surface area contributed by atoms with E-state index in [1.807, 2.05) is 29.6 Å². The molecule has 0 aliphatic rings. The average molecular weight is 338 g/mol. The van der Waals surface area contributed by atoms with Crippen LogP contribution in [0.1, 0.15) is 27.0 Å². The SMILES string of the molecule is COc1ccc(-c2csc([C@@H](C#N)C(=O)c3ccoc3C)n2)cc1. The fourth-order valence-corrected chi connectivity index (χ4v) is 3.20. The maximum absolute atomic E-state index is 12.6. The Morgan fingerprint density at radius 3 is 2.67 bits per heavy atom. The van der Waals surface area contributed by atoms with Crippen LogP contribution in [0.4, 0.5) is 0 Å². The lowest BCUT2D eigenvalue weighted by atomic mass is 10.00. The Labute approximate surface area is 143 Å². The van der Waals surface area contributed by atoms with E-state index in [4.69, 9.17) is 9.15 Å². The lowest BCUT2D eigenvalue weighted by molar-refractivity contribution is 0.0977.